The summed E-state index contributed by atoms with van der Waals surface area (Å²) >= 11 is 0. The molecule has 2 unspecified atom stereocenters. The summed E-state index contributed by atoms with van der Waals surface area (Å²) < 4.78 is 11.1. The summed E-state index contributed by atoms with van der Waals surface area (Å²) in [6.45, 7) is 0. The van der Waals surface area contributed by atoms with Gasteiger partial charge in [-0.1, -0.05) is 18.2 Å². The molecular formula is C15H23NO2. The molecule has 0 heterocycles. The molecule has 2 atom stereocenters. The van der Waals surface area contributed by atoms with E-state index in [9.17, 15) is 0 Å². The fraction of sp³-hybridized carbons (Fsp3) is 0.600. The minimum atomic E-state index is 0.305. The van der Waals surface area contributed by atoms with Gasteiger partial charge < -0.3 is 14.8 Å². The van der Waals surface area contributed by atoms with Crippen LogP contribution in [0.5, 0.6) is 5.75 Å². The van der Waals surface area contributed by atoms with Gasteiger partial charge in [-0.3, -0.25) is 0 Å². The molecule has 1 aliphatic rings. The lowest BCUT2D eigenvalue weighted by Crippen LogP contribution is -2.42. The highest BCUT2D eigenvalue weighted by molar-refractivity contribution is 5.34. The summed E-state index contributed by atoms with van der Waals surface area (Å²) in [7, 11) is 5.55. The molecule has 3 heteroatoms. The van der Waals surface area contributed by atoms with Crippen molar-refractivity contribution in [3.05, 3.63) is 29.8 Å². The number of nitrogens with one attached hydrogen (secondary N) is 1. The minimum Gasteiger partial charge on any atom is -0.496 e. The largest absolute Gasteiger partial charge is 0.496 e. The SMILES string of the molecule is CNC(Cc1ccccc1OC)C(OC)C1CC1. The average Bonchev–Trinajstić information content (AvgIpc) is 3.23. The lowest BCUT2D eigenvalue weighted by atomic mass is 9.97. The van der Waals surface area contributed by atoms with E-state index >= 15 is 0 Å². The first-order valence-corrected chi connectivity index (χ1v) is 6.62. The summed E-state index contributed by atoms with van der Waals surface area (Å²) in [6.07, 6.45) is 3.83. The molecule has 1 aliphatic carbocycles. The maximum Gasteiger partial charge on any atom is 0.122 e. The summed E-state index contributed by atoms with van der Waals surface area (Å²) in [5, 5.41) is 3.39. The summed E-state index contributed by atoms with van der Waals surface area (Å²) in [5.41, 5.74) is 1.24. The molecule has 1 aromatic carbocycles. The quantitative estimate of drug-likeness (QED) is 0.804. The number of hydrogen-bond acceptors (Lipinski definition) is 3. The number of hydrogen-bond donors (Lipinski definition) is 1. The smallest absolute Gasteiger partial charge is 0.122 e. The fourth-order valence-electron chi connectivity index (χ4n) is 2.60. The highest BCUT2D eigenvalue weighted by Gasteiger charge is 2.36. The van der Waals surface area contributed by atoms with E-state index < -0.39 is 0 Å². The second kappa shape index (κ2) is 6.21. The van der Waals surface area contributed by atoms with Gasteiger partial charge in [0.1, 0.15) is 5.75 Å². The Morgan fingerprint density at radius 2 is 2.00 bits per heavy atom. The number of benzene rings is 1. The highest BCUT2D eigenvalue weighted by Crippen LogP contribution is 2.36. The van der Waals surface area contributed by atoms with Crippen LogP contribution in [0.1, 0.15) is 18.4 Å². The molecule has 3 nitrogen and oxygen atoms in total. The van der Waals surface area contributed by atoms with E-state index in [-0.39, 0.29) is 0 Å². The molecule has 2 rings (SSSR count). The Kier molecular flexibility index (Phi) is 4.61. The topological polar surface area (TPSA) is 30.5 Å². The Morgan fingerprint density at radius 1 is 1.28 bits per heavy atom. The standard InChI is InChI=1S/C15H23NO2/c1-16-13(15(18-3)11-8-9-11)10-12-6-4-5-7-14(12)17-2/h4-7,11,13,15-16H,8-10H2,1-3H3. The van der Waals surface area contributed by atoms with E-state index in [1.54, 1.807) is 7.11 Å². The van der Waals surface area contributed by atoms with Crippen LogP contribution >= 0.6 is 0 Å². The Hall–Kier alpha value is -1.06. The van der Waals surface area contributed by atoms with Crippen LogP contribution in [0, 0.1) is 5.92 Å². The third-order valence-electron chi connectivity index (χ3n) is 3.76. The normalized spacial score (nSPS) is 18.4. The van der Waals surface area contributed by atoms with Crippen molar-refractivity contribution in [1.82, 2.24) is 5.32 Å². The van der Waals surface area contributed by atoms with Gasteiger partial charge in [0.25, 0.3) is 0 Å². The number of likely N-dealkylation sites (N-methyl/N-ethyl adjacent to an activating group) is 1. The third-order valence-corrected chi connectivity index (χ3v) is 3.76. The third kappa shape index (κ3) is 3.03. The maximum absolute atomic E-state index is 5.67. The van der Waals surface area contributed by atoms with Gasteiger partial charge in [-0.05, 0) is 43.9 Å². The molecule has 100 valence electrons. The molecule has 1 N–H and O–H groups in total. The van der Waals surface area contributed by atoms with Crippen molar-refractivity contribution in [2.75, 3.05) is 21.3 Å². The van der Waals surface area contributed by atoms with Crippen LogP contribution in [0.4, 0.5) is 0 Å². The molecule has 0 saturated heterocycles. The minimum absolute atomic E-state index is 0.305. The first kappa shape index (κ1) is 13.4. The van der Waals surface area contributed by atoms with Crippen LogP contribution in [0.2, 0.25) is 0 Å². The zero-order valence-corrected chi connectivity index (χ0v) is 11.5. The zero-order chi connectivity index (χ0) is 13.0. The maximum atomic E-state index is 5.67. The summed E-state index contributed by atoms with van der Waals surface area (Å²) in [4.78, 5) is 0. The van der Waals surface area contributed by atoms with Gasteiger partial charge in [0, 0.05) is 13.2 Å². The molecule has 0 aliphatic heterocycles. The molecule has 0 spiro atoms. The van der Waals surface area contributed by atoms with Crippen LogP contribution < -0.4 is 10.1 Å². The molecule has 1 saturated carbocycles. The van der Waals surface area contributed by atoms with Gasteiger partial charge >= 0.3 is 0 Å². The van der Waals surface area contributed by atoms with Gasteiger partial charge in [0.05, 0.1) is 13.2 Å². The zero-order valence-electron chi connectivity index (χ0n) is 11.5. The Labute approximate surface area is 109 Å². The van der Waals surface area contributed by atoms with Crippen molar-refractivity contribution in [2.45, 2.75) is 31.4 Å². The van der Waals surface area contributed by atoms with Crippen LogP contribution in [-0.2, 0) is 11.2 Å². The average molecular weight is 249 g/mol. The van der Waals surface area contributed by atoms with Gasteiger partial charge in [0.2, 0.25) is 0 Å². The molecule has 0 amide bonds. The van der Waals surface area contributed by atoms with Crippen molar-refractivity contribution in [2.24, 2.45) is 5.92 Å². The Morgan fingerprint density at radius 3 is 2.56 bits per heavy atom. The molecular weight excluding hydrogens is 226 g/mol. The van der Waals surface area contributed by atoms with Gasteiger partial charge in [0.15, 0.2) is 0 Å². The first-order chi connectivity index (χ1) is 8.80. The molecule has 1 aromatic rings. The van der Waals surface area contributed by atoms with Crippen LogP contribution in [0.25, 0.3) is 0 Å². The second-order valence-corrected chi connectivity index (χ2v) is 4.95. The molecule has 0 bridgehead atoms. The Bertz CT molecular complexity index is 377. The first-order valence-electron chi connectivity index (χ1n) is 6.62. The molecule has 18 heavy (non-hydrogen) atoms. The van der Waals surface area contributed by atoms with E-state index in [1.165, 1.54) is 18.4 Å². The molecule has 0 radical (unpaired) electrons. The van der Waals surface area contributed by atoms with E-state index in [1.807, 2.05) is 26.3 Å². The van der Waals surface area contributed by atoms with Gasteiger partial charge in [-0.25, -0.2) is 0 Å². The van der Waals surface area contributed by atoms with E-state index in [2.05, 4.69) is 17.4 Å². The second-order valence-electron chi connectivity index (χ2n) is 4.95. The van der Waals surface area contributed by atoms with Crippen molar-refractivity contribution in [3.8, 4) is 5.75 Å². The summed E-state index contributed by atoms with van der Waals surface area (Å²) in [5.74, 6) is 1.69. The highest BCUT2D eigenvalue weighted by atomic mass is 16.5. The predicted molar refractivity (Wildman–Crippen MR) is 73.1 cm³/mol. The van der Waals surface area contributed by atoms with E-state index in [0.717, 1.165) is 18.1 Å². The van der Waals surface area contributed by atoms with Crippen molar-refractivity contribution < 1.29 is 9.47 Å². The van der Waals surface area contributed by atoms with E-state index in [0.29, 0.717) is 12.1 Å². The lowest BCUT2D eigenvalue weighted by molar-refractivity contribution is 0.0533. The number of ether oxygens (including phenoxy) is 2. The van der Waals surface area contributed by atoms with Crippen molar-refractivity contribution in [1.29, 1.82) is 0 Å². The van der Waals surface area contributed by atoms with Gasteiger partial charge in [-0.15, -0.1) is 0 Å². The Balaban J connectivity index is 2.09. The number of methoxy groups -OCH3 is 2. The van der Waals surface area contributed by atoms with Crippen LogP contribution in [0.15, 0.2) is 24.3 Å². The van der Waals surface area contributed by atoms with E-state index in [4.69, 9.17) is 9.47 Å². The number of rotatable bonds is 7. The summed E-state index contributed by atoms with van der Waals surface area (Å²) in [6, 6.07) is 8.55. The van der Waals surface area contributed by atoms with Gasteiger partial charge in [-0.2, -0.15) is 0 Å². The molecule has 1 fully saturated rings. The van der Waals surface area contributed by atoms with Crippen LogP contribution in [-0.4, -0.2) is 33.4 Å². The fourth-order valence-corrected chi connectivity index (χ4v) is 2.60. The molecule has 0 aromatic heterocycles. The lowest BCUT2D eigenvalue weighted by Gasteiger charge is -2.26. The van der Waals surface area contributed by atoms with Crippen molar-refractivity contribution in [3.63, 3.8) is 0 Å². The monoisotopic (exact) mass is 249 g/mol. The van der Waals surface area contributed by atoms with Crippen molar-refractivity contribution >= 4 is 0 Å². The predicted octanol–water partition coefficient (Wildman–Crippen LogP) is 2.25. The number of para-hydroxylation sites is 1. The van der Waals surface area contributed by atoms with Crippen LogP contribution in [0.3, 0.4) is 0 Å².